The predicted molar refractivity (Wildman–Crippen MR) is 135 cm³/mol. The Hall–Kier alpha value is -0.230. The zero-order chi connectivity index (χ0) is 24.0. The van der Waals surface area contributed by atoms with Gasteiger partial charge in [-0.05, 0) is 32.1 Å². The molecular weight excluding hydrogens is 425 g/mol. The molecule has 192 valence electrons. The highest BCUT2D eigenvalue weighted by atomic mass is 31.2. The molecule has 6 nitrogen and oxygen atoms in total. The van der Waals surface area contributed by atoms with Gasteiger partial charge < -0.3 is 24.1 Å². The summed E-state index contributed by atoms with van der Waals surface area (Å²) < 4.78 is 17.9. The Balaban J connectivity index is 3.58. The summed E-state index contributed by atoms with van der Waals surface area (Å²) in [6.45, 7) is 3.87. The van der Waals surface area contributed by atoms with Crippen molar-refractivity contribution >= 4 is 7.60 Å². The Morgan fingerprint density at radius 3 is 1.72 bits per heavy atom. The van der Waals surface area contributed by atoms with E-state index in [4.69, 9.17) is 14.7 Å². The number of likely N-dealkylation sites (N-methyl/N-ethyl adjacent to an activating group) is 1. The highest BCUT2D eigenvalue weighted by molar-refractivity contribution is 7.52. The molecule has 0 saturated carbocycles. The summed E-state index contributed by atoms with van der Waals surface area (Å²) in [7, 11) is -1.74. The number of hydrogen-bond acceptors (Lipinski definition) is 4. The standard InChI is InChI=1S/C25H52NO5P/c1-3-4-5-6-7-8-9-10-11-12-13-14-15-16-17-18-24-31-32(29,30)25-21-26(2,19-22-27)20-23-28/h10-11,27-28H,3-9,12-25H2,1-2H3/p+1/b11-10+. The summed E-state index contributed by atoms with van der Waals surface area (Å²) in [6, 6.07) is 0. The summed E-state index contributed by atoms with van der Waals surface area (Å²) in [4.78, 5) is 10.0. The quantitative estimate of drug-likeness (QED) is 0.0721. The van der Waals surface area contributed by atoms with Gasteiger partial charge in [0.1, 0.15) is 13.1 Å². The minimum atomic E-state index is -3.61. The lowest BCUT2D eigenvalue weighted by Gasteiger charge is -2.33. The molecule has 0 radical (unpaired) electrons. The van der Waals surface area contributed by atoms with Crippen molar-refractivity contribution in [3.05, 3.63) is 12.2 Å². The molecule has 1 unspecified atom stereocenters. The van der Waals surface area contributed by atoms with Gasteiger partial charge in [0, 0.05) is 0 Å². The molecule has 32 heavy (non-hydrogen) atoms. The molecule has 0 aromatic rings. The first-order valence-electron chi connectivity index (χ1n) is 13.1. The summed E-state index contributed by atoms with van der Waals surface area (Å²) in [5.41, 5.74) is 0. The van der Waals surface area contributed by atoms with Gasteiger partial charge in [-0.25, -0.2) is 0 Å². The molecule has 0 aliphatic heterocycles. The van der Waals surface area contributed by atoms with Crippen LogP contribution >= 0.6 is 7.60 Å². The van der Waals surface area contributed by atoms with E-state index in [-0.39, 0.29) is 19.4 Å². The van der Waals surface area contributed by atoms with Crippen LogP contribution in [-0.2, 0) is 9.09 Å². The Kier molecular flexibility index (Phi) is 21.2. The van der Waals surface area contributed by atoms with Gasteiger partial charge in [-0.1, -0.05) is 76.9 Å². The van der Waals surface area contributed by atoms with Gasteiger partial charge >= 0.3 is 7.60 Å². The molecule has 0 rings (SSSR count). The van der Waals surface area contributed by atoms with Crippen molar-refractivity contribution in [1.29, 1.82) is 0 Å². The molecule has 0 aromatic carbocycles. The van der Waals surface area contributed by atoms with Gasteiger partial charge in [0.2, 0.25) is 0 Å². The first kappa shape index (κ1) is 31.8. The smallest absolute Gasteiger partial charge is 0.333 e. The molecule has 0 bridgehead atoms. The molecular formula is C25H53NO5P+. The van der Waals surface area contributed by atoms with Crippen LogP contribution in [0.15, 0.2) is 12.2 Å². The number of hydrogen-bond donors (Lipinski definition) is 3. The van der Waals surface area contributed by atoms with Crippen LogP contribution in [0.1, 0.15) is 96.8 Å². The second-order valence-corrected chi connectivity index (χ2v) is 11.3. The molecule has 0 fully saturated rings. The lowest BCUT2D eigenvalue weighted by molar-refractivity contribution is -0.907. The fourth-order valence-corrected chi connectivity index (χ4v) is 5.09. The Morgan fingerprint density at radius 2 is 1.22 bits per heavy atom. The predicted octanol–water partition coefficient (Wildman–Crippen LogP) is 5.66. The van der Waals surface area contributed by atoms with E-state index >= 15 is 0 Å². The maximum Gasteiger partial charge on any atom is 0.333 e. The SMILES string of the molecule is CCCCCCCC/C=C/CCCCCCCCOP(=O)(O)CC[N+](C)(CCO)CCO. The third kappa shape index (κ3) is 20.4. The van der Waals surface area contributed by atoms with Crippen LogP contribution in [-0.4, -0.2) is 72.3 Å². The lowest BCUT2D eigenvalue weighted by Crippen LogP contribution is -2.49. The third-order valence-electron chi connectivity index (χ3n) is 6.15. The molecule has 1 atom stereocenters. The fourth-order valence-electron chi connectivity index (χ4n) is 3.81. The number of aliphatic hydroxyl groups is 2. The van der Waals surface area contributed by atoms with E-state index in [1.54, 1.807) is 0 Å². The van der Waals surface area contributed by atoms with Crippen molar-refractivity contribution in [1.82, 2.24) is 0 Å². The monoisotopic (exact) mass is 478 g/mol. The van der Waals surface area contributed by atoms with Gasteiger partial charge in [0.15, 0.2) is 0 Å². The molecule has 7 heteroatoms. The highest BCUT2D eigenvalue weighted by Crippen LogP contribution is 2.42. The van der Waals surface area contributed by atoms with Crippen LogP contribution in [0, 0.1) is 0 Å². The second kappa shape index (κ2) is 21.3. The number of rotatable bonds is 24. The molecule has 0 heterocycles. The number of allylic oxidation sites excluding steroid dienone is 2. The van der Waals surface area contributed by atoms with Gasteiger partial charge in [0.25, 0.3) is 0 Å². The number of nitrogens with zero attached hydrogens (tertiary/aromatic N) is 1. The first-order chi connectivity index (χ1) is 15.4. The minimum Gasteiger partial charge on any atom is -0.391 e. The first-order valence-corrected chi connectivity index (χ1v) is 14.8. The molecule has 0 aliphatic rings. The number of aliphatic hydroxyl groups excluding tert-OH is 2. The molecule has 0 amide bonds. The topological polar surface area (TPSA) is 87.0 Å². The van der Waals surface area contributed by atoms with Crippen LogP contribution in [0.5, 0.6) is 0 Å². The van der Waals surface area contributed by atoms with E-state index in [0.717, 1.165) is 19.3 Å². The zero-order valence-corrected chi connectivity index (χ0v) is 22.0. The lowest BCUT2D eigenvalue weighted by atomic mass is 10.1. The summed E-state index contributed by atoms with van der Waals surface area (Å²) >= 11 is 0. The van der Waals surface area contributed by atoms with E-state index in [1.807, 2.05) is 7.05 Å². The van der Waals surface area contributed by atoms with Crippen LogP contribution in [0.3, 0.4) is 0 Å². The van der Waals surface area contributed by atoms with E-state index in [0.29, 0.717) is 30.7 Å². The van der Waals surface area contributed by atoms with Gasteiger partial charge in [-0.2, -0.15) is 0 Å². The van der Waals surface area contributed by atoms with Crippen molar-refractivity contribution in [3.63, 3.8) is 0 Å². The van der Waals surface area contributed by atoms with E-state index in [2.05, 4.69) is 19.1 Å². The van der Waals surface area contributed by atoms with Gasteiger partial charge in [0.05, 0.1) is 39.6 Å². The average molecular weight is 479 g/mol. The van der Waals surface area contributed by atoms with E-state index in [9.17, 15) is 9.46 Å². The zero-order valence-electron chi connectivity index (χ0n) is 21.1. The largest absolute Gasteiger partial charge is 0.391 e. The maximum atomic E-state index is 12.2. The number of quaternary nitrogens is 1. The van der Waals surface area contributed by atoms with Crippen LogP contribution in [0.2, 0.25) is 0 Å². The van der Waals surface area contributed by atoms with Gasteiger partial charge in [-0.15, -0.1) is 0 Å². The maximum absolute atomic E-state index is 12.2. The van der Waals surface area contributed by atoms with Crippen LogP contribution in [0.4, 0.5) is 0 Å². The Morgan fingerprint density at radius 1 is 0.750 bits per heavy atom. The summed E-state index contributed by atoms with van der Waals surface area (Å²) in [6.07, 6.45) is 22.0. The van der Waals surface area contributed by atoms with Crippen LogP contribution < -0.4 is 0 Å². The van der Waals surface area contributed by atoms with Crippen molar-refractivity contribution in [2.45, 2.75) is 96.8 Å². The molecule has 0 aromatic heterocycles. The van der Waals surface area contributed by atoms with Crippen molar-refractivity contribution in [2.75, 3.05) is 52.7 Å². The Bertz CT molecular complexity index is 481. The van der Waals surface area contributed by atoms with Crippen LogP contribution in [0.25, 0.3) is 0 Å². The van der Waals surface area contributed by atoms with Gasteiger partial charge in [-0.3, -0.25) is 4.57 Å². The third-order valence-corrected chi connectivity index (χ3v) is 7.50. The molecule has 0 aliphatic carbocycles. The molecule has 0 spiro atoms. The Labute approximate surface area is 198 Å². The van der Waals surface area contributed by atoms with Crippen molar-refractivity contribution in [3.8, 4) is 0 Å². The van der Waals surface area contributed by atoms with E-state index < -0.39 is 7.60 Å². The summed E-state index contributed by atoms with van der Waals surface area (Å²) in [5.74, 6) is 0. The van der Waals surface area contributed by atoms with Crippen molar-refractivity contribution < 1.29 is 28.7 Å². The normalized spacial score (nSPS) is 14.3. The minimum absolute atomic E-state index is 0.0113. The van der Waals surface area contributed by atoms with E-state index in [1.165, 1.54) is 70.6 Å². The average Bonchev–Trinajstić information content (AvgIpc) is 2.75. The molecule has 0 saturated heterocycles. The highest BCUT2D eigenvalue weighted by Gasteiger charge is 2.27. The van der Waals surface area contributed by atoms with Crippen molar-refractivity contribution in [2.24, 2.45) is 0 Å². The number of unbranched alkanes of at least 4 members (excludes halogenated alkanes) is 12. The summed E-state index contributed by atoms with van der Waals surface area (Å²) in [5, 5.41) is 18.3. The second-order valence-electron chi connectivity index (χ2n) is 9.37. The fraction of sp³-hybridized carbons (Fsp3) is 0.920. The molecule has 3 N–H and O–H groups in total.